The summed E-state index contributed by atoms with van der Waals surface area (Å²) in [6, 6.07) is 5.15. The lowest BCUT2D eigenvalue weighted by Crippen LogP contribution is -2.16. The van der Waals surface area contributed by atoms with Gasteiger partial charge in [-0.2, -0.15) is 23.4 Å². The molecule has 160 valence electrons. The minimum absolute atomic E-state index is 0.0587. The molecule has 0 saturated carbocycles. The zero-order valence-corrected chi connectivity index (χ0v) is 17.7. The summed E-state index contributed by atoms with van der Waals surface area (Å²) in [6.45, 7) is 1.66. The van der Waals surface area contributed by atoms with Gasteiger partial charge in [-0.3, -0.25) is 14.2 Å². The lowest BCUT2D eigenvalue weighted by molar-refractivity contribution is -0.141. The lowest BCUT2D eigenvalue weighted by atomic mass is 10.2. The summed E-state index contributed by atoms with van der Waals surface area (Å²) in [5.74, 6) is -0.412. The van der Waals surface area contributed by atoms with Gasteiger partial charge in [0.1, 0.15) is 0 Å². The first-order valence-corrected chi connectivity index (χ1v) is 9.75. The normalized spacial score (nSPS) is 11.7. The predicted molar refractivity (Wildman–Crippen MR) is 108 cm³/mol. The Morgan fingerprint density at radius 1 is 1.20 bits per heavy atom. The average molecular weight is 481 g/mol. The summed E-state index contributed by atoms with van der Waals surface area (Å²) in [5.41, 5.74) is 0.0884. The Morgan fingerprint density at radius 2 is 1.87 bits per heavy atom. The van der Waals surface area contributed by atoms with E-state index in [-0.39, 0.29) is 18.7 Å². The molecule has 30 heavy (non-hydrogen) atoms. The van der Waals surface area contributed by atoms with Crippen molar-refractivity contribution in [3.8, 4) is 0 Å². The summed E-state index contributed by atoms with van der Waals surface area (Å²) >= 11 is 18.0. The molecule has 3 aromatic rings. The van der Waals surface area contributed by atoms with Crippen LogP contribution < -0.4 is 5.32 Å². The van der Waals surface area contributed by atoms with Gasteiger partial charge in [-0.25, -0.2) is 0 Å². The molecule has 0 aliphatic carbocycles. The molecular weight excluding hydrogens is 466 g/mol. The van der Waals surface area contributed by atoms with Crippen LogP contribution in [0.4, 0.5) is 18.9 Å². The molecule has 1 N–H and O–H groups in total. The Hall–Kier alpha value is -2.23. The average Bonchev–Trinajstić information content (AvgIpc) is 3.21. The number of carbonyl (C=O) groups is 1. The van der Waals surface area contributed by atoms with Crippen molar-refractivity contribution in [1.29, 1.82) is 0 Å². The maximum atomic E-state index is 12.9. The van der Waals surface area contributed by atoms with E-state index in [0.717, 1.165) is 4.68 Å². The molecule has 0 aliphatic rings. The Labute approximate surface area is 184 Å². The summed E-state index contributed by atoms with van der Waals surface area (Å²) in [4.78, 5) is 12.2. The Balaban J connectivity index is 1.60. The number of aromatic nitrogens is 4. The van der Waals surface area contributed by atoms with E-state index >= 15 is 0 Å². The molecule has 0 spiro atoms. The van der Waals surface area contributed by atoms with Gasteiger partial charge in [-0.05, 0) is 19.1 Å². The molecular formula is C18H15Cl3F3N5O. The number of nitrogens with one attached hydrogen (secondary N) is 1. The van der Waals surface area contributed by atoms with Crippen LogP contribution in [0.15, 0.2) is 30.6 Å². The first-order chi connectivity index (χ1) is 14.1. The zero-order valence-electron chi connectivity index (χ0n) is 15.5. The van der Waals surface area contributed by atoms with Gasteiger partial charge >= 0.3 is 6.18 Å². The van der Waals surface area contributed by atoms with Crippen LogP contribution in [0.1, 0.15) is 23.4 Å². The molecule has 0 atom stereocenters. The Morgan fingerprint density at radius 3 is 2.47 bits per heavy atom. The third-order valence-electron chi connectivity index (χ3n) is 4.25. The van der Waals surface area contributed by atoms with Gasteiger partial charge in [0.05, 0.1) is 35.7 Å². The smallest absolute Gasteiger partial charge is 0.323 e. The van der Waals surface area contributed by atoms with E-state index < -0.39 is 22.8 Å². The second-order valence-corrected chi connectivity index (χ2v) is 7.59. The number of anilines is 1. The number of amides is 1. The fraction of sp³-hybridized carbons (Fsp3) is 0.278. The van der Waals surface area contributed by atoms with E-state index in [1.807, 2.05) is 0 Å². The van der Waals surface area contributed by atoms with Crippen LogP contribution in [0.25, 0.3) is 0 Å². The number of rotatable bonds is 6. The largest absolute Gasteiger partial charge is 0.436 e. The molecule has 6 nitrogen and oxygen atoms in total. The number of halogens is 6. The number of nitrogens with zero attached hydrogens (tertiary/aromatic N) is 4. The minimum Gasteiger partial charge on any atom is -0.323 e. The quantitative estimate of drug-likeness (QED) is 0.511. The number of aryl methyl sites for hydroxylation is 1. The number of benzene rings is 1. The van der Waals surface area contributed by atoms with E-state index in [2.05, 4.69) is 15.5 Å². The second-order valence-electron chi connectivity index (χ2n) is 6.39. The highest BCUT2D eigenvalue weighted by molar-refractivity contribution is 6.36. The number of hydrogen-bond acceptors (Lipinski definition) is 3. The van der Waals surface area contributed by atoms with Crippen molar-refractivity contribution in [2.24, 2.45) is 0 Å². The monoisotopic (exact) mass is 479 g/mol. The Bertz CT molecular complexity index is 1060. The van der Waals surface area contributed by atoms with Crippen molar-refractivity contribution >= 4 is 46.4 Å². The molecule has 0 unspecified atom stereocenters. The highest BCUT2D eigenvalue weighted by atomic mass is 35.5. The molecule has 0 bridgehead atoms. The van der Waals surface area contributed by atoms with Crippen LogP contribution in [-0.2, 0) is 24.1 Å². The molecule has 0 saturated heterocycles. The van der Waals surface area contributed by atoms with Crippen molar-refractivity contribution in [1.82, 2.24) is 19.6 Å². The highest BCUT2D eigenvalue weighted by Gasteiger charge is 2.38. The molecule has 1 aromatic carbocycles. The van der Waals surface area contributed by atoms with Gasteiger partial charge in [0, 0.05) is 28.2 Å². The number of alkyl halides is 3. The van der Waals surface area contributed by atoms with Crippen LogP contribution in [0.2, 0.25) is 15.1 Å². The maximum Gasteiger partial charge on any atom is 0.436 e. The van der Waals surface area contributed by atoms with E-state index in [0.29, 0.717) is 27.8 Å². The van der Waals surface area contributed by atoms with Crippen molar-refractivity contribution in [2.75, 3.05) is 5.32 Å². The Kier molecular flexibility index (Phi) is 6.64. The molecule has 0 radical (unpaired) electrons. The SMILES string of the molecule is Cc1c(Cl)c(C(F)(F)F)nn1CCC(=O)Nc1cnn(Cc2c(Cl)cccc2Cl)c1. The van der Waals surface area contributed by atoms with Gasteiger partial charge in [-0.15, -0.1) is 0 Å². The zero-order chi connectivity index (χ0) is 22.1. The van der Waals surface area contributed by atoms with Crippen LogP contribution in [0.5, 0.6) is 0 Å². The van der Waals surface area contributed by atoms with Crippen molar-refractivity contribution in [3.63, 3.8) is 0 Å². The maximum absolute atomic E-state index is 12.9. The van der Waals surface area contributed by atoms with Crippen LogP contribution in [-0.4, -0.2) is 25.5 Å². The summed E-state index contributed by atoms with van der Waals surface area (Å²) < 4.78 is 41.2. The fourth-order valence-corrected chi connectivity index (χ4v) is 3.47. The lowest BCUT2D eigenvalue weighted by Gasteiger charge is -2.07. The van der Waals surface area contributed by atoms with E-state index in [1.165, 1.54) is 13.1 Å². The van der Waals surface area contributed by atoms with E-state index in [9.17, 15) is 18.0 Å². The molecule has 0 aliphatic heterocycles. The first-order valence-electron chi connectivity index (χ1n) is 8.61. The molecule has 2 aromatic heterocycles. The predicted octanol–water partition coefficient (Wildman–Crippen LogP) is 5.44. The first kappa shape index (κ1) is 22.5. The van der Waals surface area contributed by atoms with Crippen LogP contribution >= 0.6 is 34.8 Å². The molecule has 2 heterocycles. The van der Waals surface area contributed by atoms with Crippen LogP contribution in [0.3, 0.4) is 0 Å². The summed E-state index contributed by atoms with van der Waals surface area (Å²) in [5, 5.41) is 10.8. The molecule has 1 amide bonds. The van der Waals surface area contributed by atoms with E-state index in [4.69, 9.17) is 34.8 Å². The molecule has 0 fully saturated rings. The topological polar surface area (TPSA) is 64.7 Å². The minimum atomic E-state index is -4.66. The number of carbonyl (C=O) groups excluding carboxylic acids is 1. The highest BCUT2D eigenvalue weighted by Crippen LogP contribution is 2.35. The van der Waals surface area contributed by atoms with Crippen molar-refractivity contribution in [2.45, 2.75) is 32.6 Å². The fourth-order valence-electron chi connectivity index (χ4n) is 2.71. The van der Waals surface area contributed by atoms with E-state index in [1.54, 1.807) is 29.1 Å². The van der Waals surface area contributed by atoms with Gasteiger partial charge in [0.15, 0.2) is 5.69 Å². The molecule has 3 rings (SSSR count). The van der Waals surface area contributed by atoms with Crippen molar-refractivity contribution in [3.05, 3.63) is 62.6 Å². The van der Waals surface area contributed by atoms with Crippen molar-refractivity contribution < 1.29 is 18.0 Å². The second kappa shape index (κ2) is 8.87. The van der Waals surface area contributed by atoms with Gasteiger partial charge < -0.3 is 5.32 Å². The van der Waals surface area contributed by atoms with Gasteiger partial charge in [0.25, 0.3) is 0 Å². The molecule has 12 heteroatoms. The third-order valence-corrected chi connectivity index (χ3v) is 5.41. The number of hydrogen-bond donors (Lipinski definition) is 1. The summed E-state index contributed by atoms with van der Waals surface area (Å²) in [6.07, 6.45) is -1.72. The van der Waals surface area contributed by atoms with Gasteiger partial charge in [0.2, 0.25) is 5.91 Å². The van der Waals surface area contributed by atoms with Gasteiger partial charge in [-0.1, -0.05) is 40.9 Å². The third kappa shape index (κ3) is 5.08. The van der Waals surface area contributed by atoms with Crippen LogP contribution in [0, 0.1) is 6.92 Å². The standard InChI is InChI=1S/C18H15Cl3F3N5O/c1-10-16(21)17(18(22,23)24)27-29(10)6-5-15(30)26-11-7-25-28(8-11)9-12-13(19)3-2-4-14(12)20/h2-4,7-8H,5-6,9H2,1H3,(H,26,30). The summed E-state index contributed by atoms with van der Waals surface area (Å²) in [7, 11) is 0.